The van der Waals surface area contributed by atoms with Gasteiger partial charge in [0, 0.05) is 64.1 Å². The van der Waals surface area contributed by atoms with E-state index in [4.69, 9.17) is 4.98 Å². The molecule has 0 radical (unpaired) electrons. The third-order valence-electron chi connectivity index (χ3n) is 10.4. The smallest absolute Gasteiger partial charge is 0.249 e. The second-order valence-electron chi connectivity index (χ2n) is 13.8. The Morgan fingerprint density at radius 3 is 2.23 bits per heavy atom. The van der Waals surface area contributed by atoms with E-state index in [0.717, 1.165) is 67.4 Å². The lowest BCUT2D eigenvalue weighted by molar-refractivity contribution is -0.119. The van der Waals surface area contributed by atoms with Gasteiger partial charge < -0.3 is 20.0 Å². The molecule has 2 aromatic carbocycles. The van der Waals surface area contributed by atoms with Crippen molar-refractivity contribution in [3.8, 4) is 0 Å². The molecule has 3 heterocycles. The molecule has 250 valence electrons. The average molecular weight is 658 g/mol. The molecule has 4 aliphatic rings. The molecular formula is C36H47N7O3S. The van der Waals surface area contributed by atoms with Crippen LogP contribution in [0.1, 0.15) is 51.0 Å². The molecule has 11 heteroatoms. The second kappa shape index (κ2) is 13.5. The van der Waals surface area contributed by atoms with Crippen LogP contribution in [-0.4, -0.2) is 87.0 Å². The van der Waals surface area contributed by atoms with Crippen molar-refractivity contribution in [2.45, 2.75) is 75.0 Å². The summed E-state index contributed by atoms with van der Waals surface area (Å²) >= 11 is 0. The van der Waals surface area contributed by atoms with Gasteiger partial charge in [-0.25, -0.2) is 18.1 Å². The summed E-state index contributed by atoms with van der Waals surface area (Å²) < 4.78 is 29.6. The molecule has 2 saturated carbocycles. The zero-order valence-corrected chi connectivity index (χ0v) is 28.3. The molecule has 1 amide bonds. The molecule has 0 unspecified atom stereocenters. The monoisotopic (exact) mass is 657 g/mol. The van der Waals surface area contributed by atoms with Crippen LogP contribution in [0.4, 0.5) is 23.0 Å². The van der Waals surface area contributed by atoms with Crippen LogP contribution >= 0.6 is 0 Å². The fourth-order valence-corrected chi connectivity index (χ4v) is 8.68. The van der Waals surface area contributed by atoms with Crippen molar-refractivity contribution in [2.75, 3.05) is 54.9 Å². The van der Waals surface area contributed by atoms with Crippen LogP contribution in [0.2, 0.25) is 0 Å². The Balaban J connectivity index is 0.954. The third kappa shape index (κ3) is 7.33. The quantitative estimate of drug-likeness (QED) is 0.321. The molecule has 2 aliphatic heterocycles. The predicted octanol–water partition coefficient (Wildman–Crippen LogP) is 4.81. The number of sulfonamides is 1. The Kier molecular flexibility index (Phi) is 9.24. The highest BCUT2D eigenvalue weighted by atomic mass is 32.2. The van der Waals surface area contributed by atoms with Crippen LogP contribution in [0.15, 0.2) is 71.6 Å². The minimum Gasteiger partial charge on any atom is -0.340 e. The number of nitrogens with zero attached hydrogens (tertiary/aromatic N) is 5. The summed E-state index contributed by atoms with van der Waals surface area (Å²) in [5.41, 5.74) is 2.58. The van der Waals surface area contributed by atoms with E-state index in [2.05, 4.69) is 19.8 Å². The number of likely N-dealkylation sites (N-methyl/N-ethyl adjacent to an activating group) is 1. The standard InChI is InChI=1S/C36H47N7O3S/c1-26-36(44)40(2)33-18-19-34(38-35(33)43(26)25-27-6-4-3-5-7-27)37-29-12-16-32(17-13-29)47(45,46)39-30-10-14-31(15-11-30)42-22-20-41(21-23-42)24-28-8-9-28/h3-7,12-13,16-19,26,28,30-31,39H,8-11,14-15,20-25H2,1-2H3,(H,37,38)/t26-,30?,31?/m1/s1. The fraction of sp³-hybridized carbons (Fsp3) is 0.500. The number of hydrogen-bond acceptors (Lipinski definition) is 8. The first-order chi connectivity index (χ1) is 22.7. The highest BCUT2D eigenvalue weighted by molar-refractivity contribution is 7.89. The Morgan fingerprint density at radius 1 is 0.851 bits per heavy atom. The minimum atomic E-state index is -3.63. The van der Waals surface area contributed by atoms with Gasteiger partial charge in [0.1, 0.15) is 11.9 Å². The zero-order valence-electron chi connectivity index (χ0n) is 27.5. The second-order valence-corrected chi connectivity index (χ2v) is 15.5. The SMILES string of the molecule is C[C@@H]1C(=O)N(C)c2ccc(Nc3ccc(S(=O)(=O)NC4CCC(N5CCN(CC6CC6)CC5)CC4)cc3)nc2N1Cc1ccccc1. The molecule has 7 rings (SSSR count). The lowest BCUT2D eigenvalue weighted by Gasteiger charge is -2.42. The summed E-state index contributed by atoms with van der Waals surface area (Å²) in [6, 6.07) is 20.8. The topological polar surface area (TPSA) is 101 Å². The highest BCUT2D eigenvalue weighted by Crippen LogP contribution is 2.36. The molecule has 1 atom stereocenters. The van der Waals surface area contributed by atoms with E-state index in [0.29, 0.717) is 18.4 Å². The van der Waals surface area contributed by atoms with Crippen LogP contribution in [-0.2, 0) is 21.4 Å². The van der Waals surface area contributed by atoms with Gasteiger partial charge >= 0.3 is 0 Å². The Morgan fingerprint density at radius 2 is 1.55 bits per heavy atom. The van der Waals surface area contributed by atoms with Gasteiger partial charge in [-0.3, -0.25) is 9.69 Å². The number of anilines is 4. The van der Waals surface area contributed by atoms with Gasteiger partial charge in [0.25, 0.3) is 0 Å². The van der Waals surface area contributed by atoms with E-state index in [1.165, 1.54) is 32.5 Å². The minimum absolute atomic E-state index is 0.0202. The number of nitrogens with one attached hydrogen (secondary N) is 2. The molecule has 1 aromatic heterocycles. The van der Waals surface area contributed by atoms with E-state index >= 15 is 0 Å². The molecule has 3 aromatic rings. The van der Waals surface area contributed by atoms with Crippen LogP contribution in [0.25, 0.3) is 0 Å². The van der Waals surface area contributed by atoms with Crippen molar-refractivity contribution in [3.05, 3.63) is 72.3 Å². The van der Waals surface area contributed by atoms with E-state index in [-0.39, 0.29) is 22.9 Å². The van der Waals surface area contributed by atoms with Crippen molar-refractivity contribution >= 4 is 38.9 Å². The first kappa shape index (κ1) is 32.1. The number of carbonyl (C=O) groups excluding carboxylic acids is 1. The van der Waals surface area contributed by atoms with Crippen molar-refractivity contribution < 1.29 is 13.2 Å². The molecule has 2 aliphatic carbocycles. The number of carbonyl (C=O) groups is 1. The number of pyridine rings is 1. The maximum absolute atomic E-state index is 13.3. The van der Waals surface area contributed by atoms with Crippen LogP contribution in [0.5, 0.6) is 0 Å². The number of amides is 1. The Hall–Kier alpha value is -3.51. The van der Waals surface area contributed by atoms with Crippen molar-refractivity contribution in [1.82, 2.24) is 19.5 Å². The van der Waals surface area contributed by atoms with E-state index in [1.807, 2.05) is 54.3 Å². The molecule has 0 spiro atoms. The largest absolute Gasteiger partial charge is 0.340 e. The lowest BCUT2D eigenvalue weighted by atomic mass is 9.90. The van der Waals surface area contributed by atoms with E-state index in [1.54, 1.807) is 36.2 Å². The lowest BCUT2D eigenvalue weighted by Crippen LogP contribution is -2.52. The summed E-state index contributed by atoms with van der Waals surface area (Å²) in [5, 5.41) is 3.33. The van der Waals surface area contributed by atoms with E-state index in [9.17, 15) is 13.2 Å². The van der Waals surface area contributed by atoms with Gasteiger partial charge in [0.2, 0.25) is 15.9 Å². The summed E-state index contributed by atoms with van der Waals surface area (Å²) in [4.78, 5) is 27.1. The number of aromatic nitrogens is 1. The number of rotatable bonds is 10. The number of benzene rings is 2. The van der Waals surface area contributed by atoms with Gasteiger partial charge in [0.05, 0.1) is 10.6 Å². The molecule has 3 fully saturated rings. The molecule has 47 heavy (non-hydrogen) atoms. The van der Waals surface area contributed by atoms with Gasteiger partial charge in [-0.15, -0.1) is 0 Å². The third-order valence-corrected chi connectivity index (χ3v) is 12.0. The Bertz CT molecular complexity index is 1650. The maximum atomic E-state index is 13.3. The molecule has 1 saturated heterocycles. The molecule has 10 nitrogen and oxygen atoms in total. The normalized spacial score (nSPS) is 24.3. The summed E-state index contributed by atoms with van der Waals surface area (Å²) in [6.45, 7) is 8.35. The Labute approximate surface area is 279 Å². The number of hydrogen-bond donors (Lipinski definition) is 2. The summed E-state index contributed by atoms with van der Waals surface area (Å²) in [7, 11) is -1.85. The maximum Gasteiger partial charge on any atom is 0.249 e. The van der Waals surface area contributed by atoms with Gasteiger partial charge in [-0.1, -0.05) is 30.3 Å². The van der Waals surface area contributed by atoms with Gasteiger partial charge in [0.15, 0.2) is 5.82 Å². The molecule has 0 bridgehead atoms. The highest BCUT2D eigenvalue weighted by Gasteiger charge is 2.35. The first-order valence-corrected chi connectivity index (χ1v) is 18.7. The van der Waals surface area contributed by atoms with Crippen molar-refractivity contribution in [1.29, 1.82) is 0 Å². The van der Waals surface area contributed by atoms with Crippen molar-refractivity contribution in [3.63, 3.8) is 0 Å². The van der Waals surface area contributed by atoms with Crippen LogP contribution in [0, 0.1) is 5.92 Å². The summed E-state index contributed by atoms with van der Waals surface area (Å²) in [5.74, 6) is 2.31. The first-order valence-electron chi connectivity index (χ1n) is 17.2. The number of piperazine rings is 1. The van der Waals surface area contributed by atoms with Crippen molar-refractivity contribution in [2.24, 2.45) is 5.92 Å². The molecular weight excluding hydrogens is 611 g/mol. The van der Waals surface area contributed by atoms with Crippen LogP contribution < -0.4 is 19.8 Å². The van der Waals surface area contributed by atoms with E-state index < -0.39 is 10.0 Å². The zero-order chi connectivity index (χ0) is 32.5. The molecule has 2 N–H and O–H groups in total. The van der Waals surface area contributed by atoms with Gasteiger partial charge in [-0.2, -0.15) is 0 Å². The van der Waals surface area contributed by atoms with Gasteiger partial charge in [-0.05, 0) is 93.3 Å². The predicted molar refractivity (Wildman–Crippen MR) is 187 cm³/mol. The van der Waals surface area contributed by atoms with Crippen LogP contribution in [0.3, 0.4) is 0 Å². The number of fused-ring (bicyclic) bond motifs is 1. The average Bonchev–Trinajstić information content (AvgIpc) is 3.91. The summed E-state index contributed by atoms with van der Waals surface area (Å²) in [6.07, 6.45) is 6.64. The fourth-order valence-electron chi connectivity index (χ4n) is 7.38.